The summed E-state index contributed by atoms with van der Waals surface area (Å²) >= 11 is 0. The van der Waals surface area contributed by atoms with Crippen molar-refractivity contribution in [2.75, 3.05) is 12.4 Å². The number of rotatable bonds is 11. The average Bonchev–Trinajstić information content (AvgIpc) is 2.92. The number of para-hydroxylation sites is 1. The molecule has 0 spiro atoms. The Morgan fingerprint density at radius 2 is 1.38 bits per heavy atom. The number of carbonyl (C=O) groups excluding carboxylic acids is 2. The van der Waals surface area contributed by atoms with E-state index in [9.17, 15) is 9.59 Å². The molecule has 0 fully saturated rings. The number of ether oxygens (including phenoxy) is 1. The first-order valence-corrected chi connectivity index (χ1v) is 16.3. The van der Waals surface area contributed by atoms with Crippen molar-refractivity contribution >= 4 is 25.9 Å². The second kappa shape index (κ2) is 13.2. The fourth-order valence-electron chi connectivity index (χ4n) is 4.09. The topological polar surface area (TPSA) is 76.7 Å². The molecule has 0 bridgehead atoms. The molecule has 0 aliphatic heterocycles. The van der Waals surface area contributed by atoms with Crippen molar-refractivity contribution in [2.45, 2.75) is 70.4 Å². The number of hydrogen-bond donors (Lipinski definition) is 2. The van der Waals surface area contributed by atoms with Crippen LogP contribution in [0, 0.1) is 0 Å². The van der Waals surface area contributed by atoms with Crippen LogP contribution in [0.4, 0.5) is 5.69 Å². The van der Waals surface area contributed by atoms with Crippen LogP contribution in [-0.2, 0) is 25.4 Å². The summed E-state index contributed by atoms with van der Waals surface area (Å²) in [6, 6.07) is 25.3. The highest BCUT2D eigenvalue weighted by Gasteiger charge is 2.37. The van der Waals surface area contributed by atoms with Crippen LogP contribution in [0.2, 0.25) is 18.1 Å². The minimum atomic E-state index is -1.99. The third-order valence-electron chi connectivity index (χ3n) is 7.69. The van der Waals surface area contributed by atoms with Crippen LogP contribution < -0.4 is 10.6 Å². The Hall–Kier alpha value is -3.26. The molecule has 0 aliphatic carbocycles. The molecule has 2 N–H and O–H groups in total. The molecule has 0 radical (unpaired) electrons. The van der Waals surface area contributed by atoms with Crippen molar-refractivity contribution in [3.63, 3.8) is 0 Å². The molecule has 3 aromatic rings. The first-order chi connectivity index (χ1) is 18.4. The van der Waals surface area contributed by atoms with Crippen molar-refractivity contribution in [3.05, 3.63) is 102 Å². The van der Waals surface area contributed by atoms with Gasteiger partial charge in [-0.05, 0) is 40.9 Å². The monoisotopic (exact) mass is 546 g/mol. The number of carbonyl (C=O) groups is 2. The fourth-order valence-corrected chi connectivity index (χ4v) is 5.04. The summed E-state index contributed by atoms with van der Waals surface area (Å²) in [6.45, 7) is 13.4. The Balaban J connectivity index is 1.92. The van der Waals surface area contributed by atoms with E-state index in [-0.39, 0.29) is 16.9 Å². The number of esters is 1. The van der Waals surface area contributed by atoms with Crippen LogP contribution >= 0.6 is 0 Å². The van der Waals surface area contributed by atoms with Gasteiger partial charge in [0.15, 0.2) is 8.32 Å². The zero-order chi connectivity index (χ0) is 28.6. The number of anilines is 1. The SMILES string of the molecule is COC(=O)C(NC(C(=O)Nc1ccccc1CO[Si](C)(C)C(C)(C)C)C(C)c1ccccc1)c1ccccc1. The third-order valence-corrected chi connectivity index (χ3v) is 12.2. The molecule has 3 rings (SSSR count). The zero-order valence-corrected chi connectivity index (χ0v) is 25.2. The molecule has 6 nitrogen and oxygen atoms in total. The molecule has 3 aromatic carbocycles. The van der Waals surface area contributed by atoms with Crippen LogP contribution in [0.25, 0.3) is 0 Å². The average molecular weight is 547 g/mol. The lowest BCUT2D eigenvalue weighted by Gasteiger charge is -2.36. The van der Waals surface area contributed by atoms with Crippen LogP contribution in [0.3, 0.4) is 0 Å². The Kier molecular flexibility index (Phi) is 10.2. The lowest BCUT2D eigenvalue weighted by molar-refractivity contribution is -0.143. The van der Waals surface area contributed by atoms with Gasteiger partial charge in [0.05, 0.1) is 19.8 Å². The highest BCUT2D eigenvalue weighted by Crippen LogP contribution is 2.37. The van der Waals surface area contributed by atoms with E-state index < -0.39 is 26.4 Å². The summed E-state index contributed by atoms with van der Waals surface area (Å²) in [7, 11) is -0.631. The fraction of sp³-hybridized carbons (Fsp3) is 0.375. The van der Waals surface area contributed by atoms with Gasteiger partial charge in [-0.2, -0.15) is 0 Å². The summed E-state index contributed by atoms with van der Waals surface area (Å²) < 4.78 is 11.6. The Morgan fingerprint density at radius 3 is 1.95 bits per heavy atom. The molecule has 208 valence electrons. The minimum absolute atomic E-state index is 0.0751. The zero-order valence-electron chi connectivity index (χ0n) is 24.2. The van der Waals surface area contributed by atoms with E-state index in [0.29, 0.717) is 12.3 Å². The van der Waals surface area contributed by atoms with Crippen LogP contribution in [0.1, 0.15) is 56.3 Å². The van der Waals surface area contributed by atoms with E-state index in [1.807, 2.05) is 91.9 Å². The standard InChI is InChI=1S/C32H42N2O4Si/c1-23(24-16-10-8-11-17-24)28(34-29(31(36)37-5)25-18-12-9-13-19-25)30(35)33-27-21-15-14-20-26(27)22-38-39(6,7)32(2,3)4/h8-21,23,28-29,34H,22H2,1-7H3,(H,33,35). The van der Waals surface area contributed by atoms with Gasteiger partial charge in [-0.25, -0.2) is 4.79 Å². The van der Waals surface area contributed by atoms with E-state index in [1.165, 1.54) is 7.11 Å². The van der Waals surface area contributed by atoms with Gasteiger partial charge < -0.3 is 14.5 Å². The maximum absolute atomic E-state index is 14.0. The van der Waals surface area contributed by atoms with Gasteiger partial charge in [0.1, 0.15) is 6.04 Å². The molecular weight excluding hydrogens is 504 g/mol. The highest BCUT2D eigenvalue weighted by atomic mass is 28.4. The molecule has 0 heterocycles. The molecule has 1 amide bonds. The molecule has 0 aromatic heterocycles. The summed E-state index contributed by atoms with van der Waals surface area (Å²) in [5.41, 5.74) is 3.32. The van der Waals surface area contributed by atoms with Gasteiger partial charge in [0, 0.05) is 11.6 Å². The second-order valence-corrected chi connectivity index (χ2v) is 16.2. The maximum Gasteiger partial charge on any atom is 0.327 e. The van der Waals surface area contributed by atoms with E-state index in [1.54, 1.807) is 0 Å². The lowest BCUT2D eigenvalue weighted by atomic mass is 9.91. The molecule has 3 unspecified atom stereocenters. The van der Waals surface area contributed by atoms with E-state index in [0.717, 1.165) is 16.7 Å². The summed E-state index contributed by atoms with van der Waals surface area (Å²) in [5, 5.41) is 6.53. The minimum Gasteiger partial charge on any atom is -0.468 e. The van der Waals surface area contributed by atoms with Gasteiger partial charge in [0.25, 0.3) is 0 Å². The van der Waals surface area contributed by atoms with Crippen molar-refractivity contribution < 1.29 is 18.8 Å². The molecule has 7 heteroatoms. The normalized spacial score (nSPS) is 14.2. The number of nitrogens with one attached hydrogen (secondary N) is 2. The largest absolute Gasteiger partial charge is 0.468 e. The Morgan fingerprint density at radius 1 is 0.846 bits per heavy atom. The van der Waals surface area contributed by atoms with E-state index in [4.69, 9.17) is 9.16 Å². The van der Waals surface area contributed by atoms with Crippen molar-refractivity contribution in [3.8, 4) is 0 Å². The first kappa shape index (κ1) is 30.3. The summed E-state index contributed by atoms with van der Waals surface area (Å²) in [6.07, 6.45) is 0. The van der Waals surface area contributed by atoms with E-state index in [2.05, 4.69) is 44.5 Å². The molecule has 39 heavy (non-hydrogen) atoms. The first-order valence-electron chi connectivity index (χ1n) is 13.4. The molecular formula is C32H42N2O4Si. The molecule has 0 saturated heterocycles. The molecule has 3 atom stereocenters. The molecule has 0 saturated carbocycles. The second-order valence-electron chi connectivity index (χ2n) is 11.4. The van der Waals surface area contributed by atoms with Crippen LogP contribution in [0.15, 0.2) is 84.9 Å². The third kappa shape index (κ3) is 7.88. The van der Waals surface area contributed by atoms with Crippen molar-refractivity contribution in [1.82, 2.24) is 5.32 Å². The van der Waals surface area contributed by atoms with Crippen LogP contribution in [-0.4, -0.2) is 33.3 Å². The van der Waals surface area contributed by atoms with Crippen LogP contribution in [0.5, 0.6) is 0 Å². The van der Waals surface area contributed by atoms with Gasteiger partial charge in [-0.1, -0.05) is 107 Å². The smallest absolute Gasteiger partial charge is 0.327 e. The number of methoxy groups -OCH3 is 1. The maximum atomic E-state index is 14.0. The highest BCUT2D eigenvalue weighted by molar-refractivity contribution is 6.74. The van der Waals surface area contributed by atoms with Gasteiger partial charge in [0.2, 0.25) is 5.91 Å². The van der Waals surface area contributed by atoms with Crippen molar-refractivity contribution in [1.29, 1.82) is 0 Å². The predicted octanol–water partition coefficient (Wildman–Crippen LogP) is 6.82. The summed E-state index contributed by atoms with van der Waals surface area (Å²) in [4.78, 5) is 26.8. The molecule has 0 aliphatic rings. The Bertz CT molecular complexity index is 1230. The quantitative estimate of drug-likeness (QED) is 0.204. The number of benzene rings is 3. The van der Waals surface area contributed by atoms with Crippen molar-refractivity contribution in [2.24, 2.45) is 0 Å². The van der Waals surface area contributed by atoms with Gasteiger partial charge >= 0.3 is 5.97 Å². The number of hydrogen-bond acceptors (Lipinski definition) is 5. The van der Waals surface area contributed by atoms with Gasteiger partial charge in [-0.3, -0.25) is 10.1 Å². The predicted molar refractivity (Wildman–Crippen MR) is 160 cm³/mol. The summed E-state index contributed by atoms with van der Waals surface area (Å²) in [5.74, 6) is -0.934. The Labute approximate surface area is 234 Å². The van der Waals surface area contributed by atoms with E-state index >= 15 is 0 Å². The van der Waals surface area contributed by atoms with Gasteiger partial charge in [-0.15, -0.1) is 0 Å². The lowest BCUT2D eigenvalue weighted by Crippen LogP contribution is -2.48. The number of amides is 1.